The first kappa shape index (κ1) is 20.6. The van der Waals surface area contributed by atoms with E-state index in [2.05, 4.69) is 5.32 Å². The molecule has 27 heavy (non-hydrogen) atoms. The first-order valence-electron chi connectivity index (χ1n) is 8.38. The van der Waals surface area contributed by atoms with E-state index in [1.165, 1.54) is 6.07 Å². The Balaban J connectivity index is 2.06. The van der Waals surface area contributed by atoms with E-state index in [9.17, 15) is 14.7 Å². The van der Waals surface area contributed by atoms with Gasteiger partial charge in [0.15, 0.2) is 0 Å². The van der Waals surface area contributed by atoms with E-state index in [4.69, 9.17) is 21.1 Å². The van der Waals surface area contributed by atoms with Gasteiger partial charge in [-0.2, -0.15) is 0 Å². The molecule has 0 aliphatic carbocycles. The highest BCUT2D eigenvalue weighted by molar-refractivity contribution is 6.30. The molecule has 0 atom stereocenters. The summed E-state index contributed by atoms with van der Waals surface area (Å²) in [6.07, 6.45) is -0.537. The van der Waals surface area contributed by atoms with Crippen LogP contribution < -0.4 is 10.1 Å². The molecular weight excluding hydrogens is 370 g/mol. The third-order valence-corrected chi connectivity index (χ3v) is 3.59. The molecule has 0 saturated carbocycles. The molecule has 0 unspecified atom stereocenters. The molecule has 0 aromatic heterocycles. The van der Waals surface area contributed by atoms with Gasteiger partial charge in [-0.05, 0) is 62.2 Å². The number of nitrogens with one attached hydrogen (secondary N) is 1. The average molecular weight is 392 g/mol. The van der Waals surface area contributed by atoms with Crippen LogP contribution in [0.1, 0.15) is 31.1 Å². The minimum absolute atomic E-state index is 0.0996. The maximum atomic E-state index is 11.6. The van der Waals surface area contributed by atoms with E-state index < -0.39 is 17.7 Å². The topological polar surface area (TPSA) is 84.9 Å². The van der Waals surface area contributed by atoms with Gasteiger partial charge in [-0.15, -0.1) is 0 Å². The van der Waals surface area contributed by atoms with Crippen molar-refractivity contribution >= 4 is 23.7 Å². The number of rotatable bonds is 6. The smallest absolute Gasteiger partial charge is 0.407 e. The number of benzene rings is 2. The van der Waals surface area contributed by atoms with Gasteiger partial charge in [0.05, 0.1) is 12.1 Å². The molecule has 0 radical (unpaired) electrons. The minimum atomic E-state index is -1.06. The molecule has 144 valence electrons. The number of hydrogen-bond donors (Lipinski definition) is 2. The number of carboxylic acids is 1. The summed E-state index contributed by atoms with van der Waals surface area (Å²) in [6.45, 7) is 5.71. The van der Waals surface area contributed by atoms with Crippen LogP contribution in [-0.4, -0.2) is 35.9 Å². The molecule has 0 heterocycles. The lowest BCUT2D eigenvalue weighted by molar-refractivity contribution is 0.0520. The van der Waals surface area contributed by atoms with E-state index in [0.29, 0.717) is 16.3 Å². The highest BCUT2D eigenvalue weighted by Crippen LogP contribution is 2.28. The summed E-state index contributed by atoms with van der Waals surface area (Å²) in [5.74, 6) is -0.675. The molecule has 2 aromatic rings. The van der Waals surface area contributed by atoms with Crippen molar-refractivity contribution in [3.05, 3.63) is 53.1 Å². The number of carbonyl (C=O) groups is 2. The van der Waals surface area contributed by atoms with Gasteiger partial charge in [0.2, 0.25) is 0 Å². The average Bonchev–Trinajstić information content (AvgIpc) is 2.57. The van der Waals surface area contributed by atoms with Crippen molar-refractivity contribution in [1.29, 1.82) is 0 Å². The zero-order valence-electron chi connectivity index (χ0n) is 15.4. The van der Waals surface area contributed by atoms with Gasteiger partial charge in [0.1, 0.15) is 18.0 Å². The number of ether oxygens (including phenoxy) is 2. The second-order valence-electron chi connectivity index (χ2n) is 6.84. The minimum Gasteiger partial charge on any atom is -0.492 e. The van der Waals surface area contributed by atoms with Crippen LogP contribution in [0.2, 0.25) is 5.02 Å². The van der Waals surface area contributed by atoms with Crippen molar-refractivity contribution in [2.24, 2.45) is 0 Å². The van der Waals surface area contributed by atoms with Gasteiger partial charge in [-0.25, -0.2) is 9.59 Å². The molecule has 6 nitrogen and oxygen atoms in total. The highest BCUT2D eigenvalue weighted by atomic mass is 35.5. The summed E-state index contributed by atoms with van der Waals surface area (Å²) < 4.78 is 10.7. The lowest BCUT2D eigenvalue weighted by Crippen LogP contribution is -2.34. The van der Waals surface area contributed by atoms with Crippen LogP contribution in [0, 0.1) is 0 Å². The van der Waals surface area contributed by atoms with Crippen LogP contribution in [0.15, 0.2) is 42.5 Å². The fraction of sp³-hybridized carbons (Fsp3) is 0.300. The van der Waals surface area contributed by atoms with Crippen molar-refractivity contribution in [2.45, 2.75) is 26.4 Å². The Morgan fingerprint density at radius 3 is 2.48 bits per heavy atom. The van der Waals surface area contributed by atoms with Gasteiger partial charge in [-0.1, -0.05) is 23.7 Å². The molecule has 2 N–H and O–H groups in total. The zero-order chi connectivity index (χ0) is 20.0. The maximum absolute atomic E-state index is 11.6. The monoisotopic (exact) mass is 391 g/mol. The Hall–Kier alpha value is -2.73. The van der Waals surface area contributed by atoms with Crippen molar-refractivity contribution in [1.82, 2.24) is 5.32 Å². The van der Waals surface area contributed by atoms with Crippen molar-refractivity contribution in [3.8, 4) is 16.9 Å². The van der Waals surface area contributed by atoms with Crippen LogP contribution >= 0.6 is 11.6 Å². The van der Waals surface area contributed by atoms with Crippen molar-refractivity contribution in [2.75, 3.05) is 13.2 Å². The molecule has 0 saturated heterocycles. The van der Waals surface area contributed by atoms with Crippen LogP contribution in [0.5, 0.6) is 5.75 Å². The molecule has 7 heteroatoms. The van der Waals surface area contributed by atoms with Gasteiger partial charge in [0.25, 0.3) is 0 Å². The molecular formula is C20H22ClNO5. The van der Waals surface area contributed by atoms with Gasteiger partial charge < -0.3 is 19.9 Å². The number of alkyl carbamates (subject to hydrolysis) is 1. The number of carboxylic acid groups (broad SMARTS) is 1. The van der Waals surface area contributed by atoms with Gasteiger partial charge >= 0.3 is 12.1 Å². The second kappa shape index (κ2) is 8.77. The van der Waals surface area contributed by atoms with E-state index in [0.717, 1.165) is 5.56 Å². The fourth-order valence-corrected chi connectivity index (χ4v) is 2.47. The third-order valence-electron chi connectivity index (χ3n) is 3.35. The summed E-state index contributed by atoms with van der Waals surface area (Å²) in [4.78, 5) is 23.0. The van der Waals surface area contributed by atoms with E-state index in [-0.39, 0.29) is 18.7 Å². The summed E-state index contributed by atoms with van der Waals surface area (Å²) in [5, 5.41) is 12.5. The maximum Gasteiger partial charge on any atom is 0.407 e. The molecule has 1 amide bonds. The summed E-state index contributed by atoms with van der Waals surface area (Å²) in [5.41, 5.74) is 0.976. The van der Waals surface area contributed by atoms with Crippen LogP contribution in [0.25, 0.3) is 11.1 Å². The standard InChI is InChI=1S/C20H22ClNO5/c1-20(2,3)27-19(25)22-7-8-26-17-11-14(9-15(12-17)18(23)24)13-5-4-6-16(21)10-13/h4-6,9-12H,7-8H2,1-3H3,(H,22,25)(H,23,24). The Morgan fingerprint density at radius 2 is 1.85 bits per heavy atom. The molecule has 0 fully saturated rings. The highest BCUT2D eigenvalue weighted by Gasteiger charge is 2.15. The van der Waals surface area contributed by atoms with Crippen LogP contribution in [-0.2, 0) is 4.74 Å². The summed E-state index contributed by atoms with van der Waals surface area (Å²) in [7, 11) is 0. The van der Waals surface area contributed by atoms with E-state index in [1.54, 1.807) is 51.1 Å². The molecule has 2 rings (SSSR count). The molecule has 2 aromatic carbocycles. The lowest BCUT2D eigenvalue weighted by atomic mass is 10.0. The first-order chi connectivity index (χ1) is 12.6. The SMILES string of the molecule is CC(C)(C)OC(=O)NCCOc1cc(C(=O)O)cc(-c2cccc(Cl)c2)c1. The first-order valence-corrected chi connectivity index (χ1v) is 8.76. The van der Waals surface area contributed by atoms with E-state index in [1.807, 2.05) is 6.07 Å². The quantitative estimate of drug-likeness (QED) is 0.702. The Labute approximate surface area is 163 Å². The fourth-order valence-electron chi connectivity index (χ4n) is 2.28. The van der Waals surface area contributed by atoms with Gasteiger partial charge in [-0.3, -0.25) is 0 Å². The second-order valence-corrected chi connectivity index (χ2v) is 7.28. The summed E-state index contributed by atoms with van der Waals surface area (Å²) in [6, 6.07) is 11.8. The van der Waals surface area contributed by atoms with Crippen molar-refractivity contribution < 1.29 is 24.2 Å². The normalized spacial score (nSPS) is 11.0. The number of aromatic carboxylic acids is 1. The van der Waals surface area contributed by atoms with E-state index >= 15 is 0 Å². The predicted molar refractivity (Wildman–Crippen MR) is 104 cm³/mol. The van der Waals surface area contributed by atoms with Crippen LogP contribution in [0.4, 0.5) is 4.79 Å². The van der Waals surface area contributed by atoms with Gasteiger partial charge in [0, 0.05) is 5.02 Å². The summed E-state index contributed by atoms with van der Waals surface area (Å²) >= 11 is 6.02. The number of hydrogen-bond acceptors (Lipinski definition) is 4. The molecule has 0 aliphatic rings. The molecule has 0 aliphatic heterocycles. The Kier molecular flexibility index (Phi) is 6.69. The Bertz CT molecular complexity index is 829. The molecule has 0 bridgehead atoms. The number of amides is 1. The molecule has 0 spiro atoms. The number of carbonyl (C=O) groups excluding carboxylic acids is 1. The zero-order valence-corrected chi connectivity index (χ0v) is 16.2. The van der Waals surface area contributed by atoms with Crippen molar-refractivity contribution in [3.63, 3.8) is 0 Å². The lowest BCUT2D eigenvalue weighted by Gasteiger charge is -2.19. The number of halogens is 1. The largest absolute Gasteiger partial charge is 0.492 e. The third kappa shape index (κ3) is 6.83. The predicted octanol–water partition coefficient (Wildman–Crippen LogP) is 4.61. The van der Waals surface area contributed by atoms with Crippen LogP contribution in [0.3, 0.4) is 0 Å². The Morgan fingerprint density at radius 1 is 1.11 bits per heavy atom.